The largest absolute Gasteiger partial charge is 0.310 e. The van der Waals surface area contributed by atoms with E-state index in [1.165, 1.54) is 10.8 Å². The van der Waals surface area contributed by atoms with Crippen LogP contribution in [0.5, 0.6) is 0 Å². The average molecular weight is 844 g/mol. The number of anilines is 3. The van der Waals surface area contributed by atoms with Gasteiger partial charge in [0.05, 0.1) is 16.6 Å². The van der Waals surface area contributed by atoms with E-state index in [1.54, 1.807) is 0 Å². The zero-order valence-electron chi connectivity index (χ0n) is 40.1. The van der Waals surface area contributed by atoms with E-state index >= 15 is 0 Å². The molecule has 1 aliphatic carbocycles. The first-order chi connectivity index (χ1) is 34.4. The van der Waals surface area contributed by atoms with Crippen LogP contribution in [0.15, 0.2) is 273 Å². The van der Waals surface area contributed by atoms with Gasteiger partial charge in [-0.15, -0.1) is 0 Å². The predicted molar refractivity (Wildman–Crippen MR) is 278 cm³/mol. The summed E-state index contributed by atoms with van der Waals surface area (Å²) >= 11 is 0. The Balaban J connectivity index is 1.07. The molecular weight excluding hydrogens is 795 g/mol. The molecule has 0 fully saturated rings. The maximum Gasteiger partial charge on any atom is 0.0714 e. The molecule has 1 nitrogen and oxygen atoms in total. The molecule has 0 radical (unpaired) electrons. The van der Waals surface area contributed by atoms with Crippen LogP contribution in [0.4, 0.5) is 17.1 Å². The lowest BCUT2D eigenvalue weighted by Gasteiger charge is -2.34. The van der Waals surface area contributed by atoms with Gasteiger partial charge in [0.25, 0.3) is 0 Å². The van der Waals surface area contributed by atoms with Gasteiger partial charge < -0.3 is 4.90 Å². The van der Waals surface area contributed by atoms with E-state index in [-0.39, 0.29) is 35.4 Å². The minimum absolute atomic E-state index is 0.107. The molecule has 11 aromatic rings. The number of nitrogens with zero attached hydrogens (tertiary/aromatic N) is 1. The standard InChI is InChI=1S/C65H45N/c1-4-17-46(18-5-1)51-21-14-22-52(43-51)48-35-39-58(40-36-48)66(59-41-37-49(38-42-59)53-23-15-24-54(44-53)55-34-33-47-19-10-11-20-50(47)45-55)63-32-16-31-62-64(63)60-29-12-13-30-61(60)65(62,56-25-6-2-7-26-56)57-27-8-3-9-28-57/h1-45H/i35D,36D,39D,40D. The maximum absolute atomic E-state index is 9.96. The first-order valence-corrected chi connectivity index (χ1v) is 22.5. The normalized spacial score (nSPS) is 13.2. The van der Waals surface area contributed by atoms with Gasteiger partial charge in [-0.3, -0.25) is 0 Å². The zero-order valence-corrected chi connectivity index (χ0v) is 36.1. The minimum atomic E-state index is -0.696. The van der Waals surface area contributed by atoms with Crippen molar-refractivity contribution in [3.05, 3.63) is 295 Å². The summed E-state index contributed by atoms with van der Waals surface area (Å²) in [5.74, 6) is 0. The van der Waals surface area contributed by atoms with Gasteiger partial charge in [0.1, 0.15) is 0 Å². The second-order valence-corrected chi connectivity index (χ2v) is 16.9. The van der Waals surface area contributed by atoms with Crippen LogP contribution < -0.4 is 4.90 Å². The van der Waals surface area contributed by atoms with Gasteiger partial charge in [-0.1, -0.05) is 224 Å². The Morgan fingerprint density at radius 2 is 0.773 bits per heavy atom. The highest BCUT2D eigenvalue weighted by molar-refractivity contribution is 5.98. The van der Waals surface area contributed by atoms with Crippen molar-refractivity contribution in [3.8, 4) is 55.6 Å². The number of hydrogen-bond acceptors (Lipinski definition) is 1. The van der Waals surface area contributed by atoms with Crippen LogP contribution in [-0.4, -0.2) is 0 Å². The first kappa shape index (κ1) is 34.9. The van der Waals surface area contributed by atoms with Crippen LogP contribution >= 0.6 is 0 Å². The summed E-state index contributed by atoms with van der Waals surface area (Å²) in [6.07, 6.45) is 0. The van der Waals surface area contributed by atoms with E-state index < -0.39 is 5.41 Å². The lowest BCUT2D eigenvalue weighted by atomic mass is 9.68. The minimum Gasteiger partial charge on any atom is -0.310 e. The van der Waals surface area contributed by atoms with Crippen molar-refractivity contribution in [1.29, 1.82) is 0 Å². The molecule has 0 aromatic heterocycles. The van der Waals surface area contributed by atoms with E-state index in [0.717, 1.165) is 72.4 Å². The Morgan fingerprint density at radius 1 is 0.303 bits per heavy atom. The van der Waals surface area contributed by atoms with E-state index in [1.807, 2.05) is 71.6 Å². The molecule has 12 rings (SSSR count). The molecule has 0 amide bonds. The van der Waals surface area contributed by atoms with E-state index in [9.17, 15) is 5.48 Å². The highest BCUT2D eigenvalue weighted by Crippen LogP contribution is 2.59. The molecule has 11 aromatic carbocycles. The second kappa shape index (κ2) is 16.6. The maximum atomic E-state index is 9.96. The Morgan fingerprint density at radius 3 is 1.44 bits per heavy atom. The van der Waals surface area contributed by atoms with Crippen molar-refractivity contribution in [2.45, 2.75) is 5.41 Å². The monoisotopic (exact) mass is 843 g/mol. The fourth-order valence-electron chi connectivity index (χ4n) is 10.1. The molecule has 0 heterocycles. The molecule has 0 saturated carbocycles. The van der Waals surface area contributed by atoms with Crippen LogP contribution in [0.1, 0.15) is 27.7 Å². The number of benzene rings is 11. The van der Waals surface area contributed by atoms with Crippen molar-refractivity contribution in [1.82, 2.24) is 0 Å². The third-order valence-corrected chi connectivity index (χ3v) is 13.2. The highest BCUT2D eigenvalue weighted by Gasteiger charge is 2.47. The average Bonchev–Trinajstić information content (AvgIpc) is 3.74. The molecule has 0 atom stereocenters. The topological polar surface area (TPSA) is 3.24 Å². The molecule has 1 aliphatic rings. The molecule has 0 saturated heterocycles. The Bertz CT molecular complexity index is 3690. The van der Waals surface area contributed by atoms with Gasteiger partial charge in [0.15, 0.2) is 0 Å². The number of hydrogen-bond donors (Lipinski definition) is 0. The molecule has 66 heavy (non-hydrogen) atoms. The quantitative estimate of drug-likeness (QED) is 0.140. The van der Waals surface area contributed by atoms with Crippen molar-refractivity contribution in [2.75, 3.05) is 4.90 Å². The molecule has 0 aliphatic heterocycles. The second-order valence-electron chi connectivity index (χ2n) is 16.9. The van der Waals surface area contributed by atoms with Crippen LogP contribution in [-0.2, 0) is 5.41 Å². The molecule has 0 bridgehead atoms. The Kier molecular flexibility index (Phi) is 8.75. The van der Waals surface area contributed by atoms with E-state index in [2.05, 4.69) is 182 Å². The smallest absolute Gasteiger partial charge is 0.0714 e. The summed E-state index contributed by atoms with van der Waals surface area (Å²) in [4.78, 5) is 1.96. The zero-order chi connectivity index (χ0) is 47.3. The van der Waals surface area contributed by atoms with E-state index in [4.69, 9.17) is 0 Å². The van der Waals surface area contributed by atoms with Crippen LogP contribution in [0.25, 0.3) is 66.4 Å². The lowest BCUT2D eigenvalue weighted by molar-refractivity contribution is 0.768. The summed E-state index contributed by atoms with van der Waals surface area (Å²) < 4.78 is 39.4. The Hall–Kier alpha value is -8.52. The number of rotatable bonds is 9. The van der Waals surface area contributed by atoms with Crippen LogP contribution in [0.3, 0.4) is 0 Å². The lowest BCUT2D eigenvalue weighted by Crippen LogP contribution is -2.28. The molecule has 1 heteroatoms. The number of fused-ring (bicyclic) bond motifs is 4. The van der Waals surface area contributed by atoms with Gasteiger partial charge in [0, 0.05) is 16.9 Å². The van der Waals surface area contributed by atoms with Gasteiger partial charge in [0.2, 0.25) is 0 Å². The Labute approximate surface area is 392 Å². The van der Waals surface area contributed by atoms with Crippen molar-refractivity contribution in [3.63, 3.8) is 0 Å². The van der Waals surface area contributed by atoms with Gasteiger partial charge in [-0.05, 0) is 132 Å². The molecule has 0 unspecified atom stereocenters. The van der Waals surface area contributed by atoms with Gasteiger partial charge >= 0.3 is 0 Å². The summed E-state index contributed by atoms with van der Waals surface area (Å²) in [6.45, 7) is 0. The third kappa shape index (κ3) is 6.73. The molecule has 0 spiro atoms. The van der Waals surface area contributed by atoms with Crippen LogP contribution in [0.2, 0.25) is 0 Å². The summed E-state index contributed by atoms with van der Waals surface area (Å²) in [5, 5.41) is 2.40. The van der Waals surface area contributed by atoms with Gasteiger partial charge in [-0.2, -0.15) is 0 Å². The highest BCUT2D eigenvalue weighted by atomic mass is 15.1. The predicted octanol–water partition coefficient (Wildman–Crippen LogP) is 17.3. The summed E-state index contributed by atoms with van der Waals surface area (Å²) in [5.41, 5.74) is 14.5. The molecule has 310 valence electrons. The SMILES string of the molecule is [2H]c1c([2H])c(N(c2ccc(-c3cccc(-c4ccc5ccccc5c4)c3)cc2)c2cccc3c2-c2ccccc2C3(c2ccccc2)c2ccccc2)c([2H])c([2H])c1-c1cccc(-c2ccccc2)c1. The van der Waals surface area contributed by atoms with Crippen molar-refractivity contribution >= 4 is 27.8 Å². The van der Waals surface area contributed by atoms with Gasteiger partial charge in [-0.25, -0.2) is 0 Å². The molecule has 0 N–H and O–H groups in total. The fraction of sp³-hybridized carbons (Fsp3) is 0.0154. The summed E-state index contributed by atoms with van der Waals surface area (Å²) in [7, 11) is 0. The van der Waals surface area contributed by atoms with Crippen LogP contribution in [0, 0.1) is 0 Å². The van der Waals surface area contributed by atoms with Crippen molar-refractivity contribution in [2.24, 2.45) is 0 Å². The summed E-state index contributed by atoms with van der Waals surface area (Å²) in [6, 6.07) is 85.3. The first-order valence-electron chi connectivity index (χ1n) is 24.5. The van der Waals surface area contributed by atoms with Crippen molar-refractivity contribution < 1.29 is 5.48 Å². The third-order valence-electron chi connectivity index (χ3n) is 13.2. The van der Waals surface area contributed by atoms with E-state index in [0.29, 0.717) is 11.3 Å². The fourth-order valence-corrected chi connectivity index (χ4v) is 10.1. The molecular formula is C65H45N.